The summed E-state index contributed by atoms with van der Waals surface area (Å²) >= 11 is 0. The van der Waals surface area contributed by atoms with Gasteiger partial charge >= 0.3 is 5.97 Å². The zero-order chi connectivity index (χ0) is 12.2. The summed E-state index contributed by atoms with van der Waals surface area (Å²) in [6, 6.07) is -0.499. The van der Waals surface area contributed by atoms with Crippen molar-refractivity contribution in [1.82, 2.24) is 0 Å². The molecule has 16 heavy (non-hydrogen) atoms. The largest absolute Gasteiger partial charge is 0.465 e. The third-order valence-electron chi connectivity index (χ3n) is 2.41. The number of carbonyl (C=O) groups is 1. The first-order valence-electron chi connectivity index (χ1n) is 6.13. The van der Waals surface area contributed by atoms with E-state index in [0.29, 0.717) is 19.6 Å². The molecule has 0 rings (SSSR count). The molecule has 4 nitrogen and oxygen atoms in total. The first-order valence-corrected chi connectivity index (χ1v) is 6.13. The molecule has 0 amide bonds. The second kappa shape index (κ2) is 10.9. The molecule has 1 atom stereocenters. The van der Waals surface area contributed by atoms with Crippen LogP contribution in [-0.2, 0) is 14.3 Å². The Kier molecular flexibility index (Phi) is 10.5. The number of ether oxygens (including phenoxy) is 2. The van der Waals surface area contributed by atoms with Crippen LogP contribution < -0.4 is 5.73 Å². The maximum atomic E-state index is 11.4. The highest BCUT2D eigenvalue weighted by Gasteiger charge is 2.13. The molecule has 1 unspecified atom stereocenters. The Morgan fingerprint density at radius 2 is 1.94 bits per heavy atom. The smallest absolute Gasteiger partial charge is 0.322 e. The summed E-state index contributed by atoms with van der Waals surface area (Å²) in [4.78, 5) is 11.4. The summed E-state index contributed by atoms with van der Waals surface area (Å²) in [5.41, 5.74) is 5.67. The monoisotopic (exact) mass is 231 g/mol. The lowest BCUT2D eigenvalue weighted by molar-refractivity contribution is -0.145. The summed E-state index contributed by atoms with van der Waals surface area (Å²) in [6.45, 7) is 3.28. The standard InChI is InChI=1S/C12H25NO3/c1-3-4-5-6-10-16-12(14)11(13)8-7-9-15-2/h11H,3-10,13H2,1-2H3. The second-order valence-corrected chi connectivity index (χ2v) is 3.97. The van der Waals surface area contributed by atoms with Crippen LogP contribution in [0.25, 0.3) is 0 Å². The number of nitrogens with two attached hydrogens (primary N) is 1. The topological polar surface area (TPSA) is 61.5 Å². The molecular weight excluding hydrogens is 206 g/mol. The average molecular weight is 231 g/mol. The average Bonchev–Trinajstić information content (AvgIpc) is 2.28. The maximum Gasteiger partial charge on any atom is 0.322 e. The van der Waals surface area contributed by atoms with Gasteiger partial charge in [-0.2, -0.15) is 0 Å². The van der Waals surface area contributed by atoms with Gasteiger partial charge in [0.05, 0.1) is 6.61 Å². The minimum absolute atomic E-state index is 0.285. The molecular formula is C12H25NO3. The Morgan fingerprint density at radius 3 is 2.56 bits per heavy atom. The Balaban J connectivity index is 3.40. The van der Waals surface area contributed by atoms with Crippen LogP contribution in [0.4, 0.5) is 0 Å². The summed E-state index contributed by atoms with van der Waals surface area (Å²) in [6.07, 6.45) is 5.85. The van der Waals surface area contributed by atoms with E-state index in [1.54, 1.807) is 7.11 Å². The lowest BCUT2D eigenvalue weighted by atomic mass is 10.2. The molecule has 0 aromatic rings. The van der Waals surface area contributed by atoms with E-state index >= 15 is 0 Å². The number of hydrogen-bond acceptors (Lipinski definition) is 4. The van der Waals surface area contributed by atoms with Crippen molar-refractivity contribution >= 4 is 5.97 Å². The lowest BCUT2D eigenvalue weighted by Gasteiger charge is -2.10. The van der Waals surface area contributed by atoms with Crippen molar-refractivity contribution < 1.29 is 14.3 Å². The molecule has 4 heteroatoms. The summed E-state index contributed by atoms with van der Waals surface area (Å²) in [5, 5.41) is 0. The zero-order valence-electron chi connectivity index (χ0n) is 10.5. The highest BCUT2D eigenvalue weighted by atomic mass is 16.5. The van der Waals surface area contributed by atoms with E-state index in [4.69, 9.17) is 15.2 Å². The van der Waals surface area contributed by atoms with Crippen molar-refractivity contribution in [3.63, 3.8) is 0 Å². The van der Waals surface area contributed by atoms with Gasteiger partial charge in [0.15, 0.2) is 0 Å². The van der Waals surface area contributed by atoms with Gasteiger partial charge in [0.25, 0.3) is 0 Å². The third kappa shape index (κ3) is 8.68. The number of carbonyl (C=O) groups excluding carboxylic acids is 1. The van der Waals surface area contributed by atoms with Gasteiger partial charge in [-0.05, 0) is 19.3 Å². The fourth-order valence-corrected chi connectivity index (χ4v) is 1.37. The fourth-order valence-electron chi connectivity index (χ4n) is 1.37. The van der Waals surface area contributed by atoms with Crippen LogP contribution in [0.5, 0.6) is 0 Å². The van der Waals surface area contributed by atoms with E-state index in [9.17, 15) is 4.79 Å². The van der Waals surface area contributed by atoms with E-state index < -0.39 is 6.04 Å². The van der Waals surface area contributed by atoms with Gasteiger partial charge in [-0.25, -0.2) is 0 Å². The van der Waals surface area contributed by atoms with Gasteiger partial charge in [-0.1, -0.05) is 26.2 Å². The molecule has 0 radical (unpaired) electrons. The summed E-state index contributed by atoms with van der Waals surface area (Å²) < 4.78 is 9.97. The molecule has 2 N–H and O–H groups in total. The molecule has 0 heterocycles. The molecule has 0 aliphatic heterocycles. The van der Waals surface area contributed by atoms with Crippen molar-refractivity contribution in [3.8, 4) is 0 Å². The molecule has 96 valence electrons. The Morgan fingerprint density at radius 1 is 1.19 bits per heavy atom. The zero-order valence-corrected chi connectivity index (χ0v) is 10.5. The highest BCUT2D eigenvalue weighted by molar-refractivity contribution is 5.75. The molecule has 0 aliphatic rings. The van der Waals surface area contributed by atoms with E-state index in [0.717, 1.165) is 19.3 Å². The quantitative estimate of drug-likeness (QED) is 0.460. The summed E-state index contributed by atoms with van der Waals surface area (Å²) in [5.74, 6) is -0.285. The van der Waals surface area contributed by atoms with Gasteiger partial charge in [0.2, 0.25) is 0 Å². The van der Waals surface area contributed by atoms with Gasteiger partial charge in [0, 0.05) is 13.7 Å². The van der Waals surface area contributed by atoms with Crippen LogP contribution in [0, 0.1) is 0 Å². The van der Waals surface area contributed by atoms with E-state index in [-0.39, 0.29) is 5.97 Å². The minimum Gasteiger partial charge on any atom is -0.465 e. The van der Waals surface area contributed by atoms with E-state index in [1.807, 2.05) is 0 Å². The van der Waals surface area contributed by atoms with Gasteiger partial charge < -0.3 is 15.2 Å². The van der Waals surface area contributed by atoms with Gasteiger partial charge in [-0.15, -0.1) is 0 Å². The molecule has 0 spiro atoms. The van der Waals surface area contributed by atoms with Crippen LogP contribution in [0.1, 0.15) is 45.4 Å². The number of rotatable bonds is 10. The van der Waals surface area contributed by atoms with Crippen LogP contribution in [0.3, 0.4) is 0 Å². The van der Waals surface area contributed by atoms with Gasteiger partial charge in [0.1, 0.15) is 6.04 Å². The predicted octanol–water partition coefficient (Wildman–Crippen LogP) is 1.86. The van der Waals surface area contributed by atoms with Crippen molar-refractivity contribution in [1.29, 1.82) is 0 Å². The van der Waals surface area contributed by atoms with Crippen molar-refractivity contribution in [3.05, 3.63) is 0 Å². The molecule has 0 aliphatic carbocycles. The number of esters is 1. The third-order valence-corrected chi connectivity index (χ3v) is 2.41. The van der Waals surface area contributed by atoms with Gasteiger partial charge in [-0.3, -0.25) is 4.79 Å². The second-order valence-electron chi connectivity index (χ2n) is 3.97. The molecule has 0 saturated carbocycles. The molecule has 0 fully saturated rings. The Labute approximate surface area is 98.5 Å². The van der Waals surface area contributed by atoms with Crippen molar-refractivity contribution in [2.45, 2.75) is 51.5 Å². The van der Waals surface area contributed by atoms with Crippen LogP contribution in [0.2, 0.25) is 0 Å². The number of hydrogen-bond donors (Lipinski definition) is 1. The molecule has 0 aromatic carbocycles. The van der Waals surface area contributed by atoms with Crippen molar-refractivity contribution in [2.24, 2.45) is 5.73 Å². The molecule has 0 aromatic heterocycles. The van der Waals surface area contributed by atoms with Crippen molar-refractivity contribution in [2.75, 3.05) is 20.3 Å². The van der Waals surface area contributed by atoms with E-state index in [1.165, 1.54) is 12.8 Å². The predicted molar refractivity (Wildman–Crippen MR) is 64.2 cm³/mol. The SMILES string of the molecule is CCCCCCOC(=O)C(N)CCCOC. The molecule has 0 bridgehead atoms. The van der Waals surface area contributed by atoms with E-state index in [2.05, 4.69) is 6.92 Å². The van der Waals surface area contributed by atoms with Crippen LogP contribution in [-0.4, -0.2) is 32.3 Å². The first-order chi connectivity index (χ1) is 7.72. The minimum atomic E-state index is -0.499. The highest BCUT2D eigenvalue weighted by Crippen LogP contribution is 2.01. The Hall–Kier alpha value is -0.610. The lowest BCUT2D eigenvalue weighted by Crippen LogP contribution is -2.32. The number of methoxy groups -OCH3 is 1. The maximum absolute atomic E-state index is 11.4. The van der Waals surface area contributed by atoms with Crippen LogP contribution >= 0.6 is 0 Å². The summed E-state index contributed by atoms with van der Waals surface area (Å²) in [7, 11) is 1.64. The fraction of sp³-hybridized carbons (Fsp3) is 0.917. The Bertz CT molecular complexity index is 174. The van der Waals surface area contributed by atoms with Crippen LogP contribution in [0.15, 0.2) is 0 Å². The normalized spacial score (nSPS) is 12.4. The molecule has 0 saturated heterocycles. The number of unbranched alkanes of at least 4 members (excludes halogenated alkanes) is 3. The first kappa shape index (κ1) is 15.4.